The molecule has 2 atom stereocenters. The minimum atomic E-state index is -0.904. The second-order valence-corrected chi connectivity index (χ2v) is 6.84. The lowest BCUT2D eigenvalue weighted by Crippen LogP contribution is -2.58. The normalized spacial score (nSPS) is 19.8. The van der Waals surface area contributed by atoms with Crippen LogP contribution in [0.25, 0.3) is 5.52 Å². The lowest BCUT2D eigenvalue weighted by Gasteiger charge is -2.45. The predicted octanol–water partition coefficient (Wildman–Crippen LogP) is 2.76. The Bertz CT molecular complexity index is 943. The summed E-state index contributed by atoms with van der Waals surface area (Å²) in [5.41, 5.74) is 7.77. The van der Waals surface area contributed by atoms with Crippen LogP contribution in [-0.4, -0.2) is 43.1 Å². The number of rotatable bonds is 3. The number of hydrogen-bond donors (Lipinski definition) is 2. The summed E-state index contributed by atoms with van der Waals surface area (Å²) in [7, 11) is 0. The van der Waals surface area contributed by atoms with Gasteiger partial charge in [-0.15, -0.1) is 0 Å². The summed E-state index contributed by atoms with van der Waals surface area (Å²) < 4.78 is 2.52. The third-order valence-corrected chi connectivity index (χ3v) is 5.24. The van der Waals surface area contributed by atoms with Gasteiger partial charge in [-0.25, -0.2) is 14.8 Å². The molecule has 128 valence electrons. The Hall–Kier alpha value is -2.61. The van der Waals surface area contributed by atoms with E-state index in [1.165, 1.54) is 4.90 Å². The Morgan fingerprint density at radius 1 is 1.36 bits per heavy atom. The zero-order chi connectivity index (χ0) is 17.6. The fourth-order valence-electron chi connectivity index (χ4n) is 3.43. The number of carboxylic acid groups (broad SMARTS) is 1. The maximum absolute atomic E-state index is 11.5. The number of nitrogens with two attached hydrogens (primary N) is 1. The van der Waals surface area contributed by atoms with Crippen molar-refractivity contribution in [3.05, 3.63) is 58.7 Å². The molecule has 3 heterocycles. The Labute approximate surface area is 152 Å². The topological polar surface area (TPSA) is 96.8 Å². The molecule has 1 aliphatic rings. The number of aromatic nitrogens is 3. The van der Waals surface area contributed by atoms with Gasteiger partial charge in [0, 0.05) is 18.9 Å². The number of fused-ring (bicyclic) bond motifs is 1. The molecule has 1 saturated heterocycles. The Morgan fingerprint density at radius 2 is 2.12 bits per heavy atom. The molecule has 0 bridgehead atoms. The lowest BCUT2D eigenvalue weighted by atomic mass is 9.83. The van der Waals surface area contributed by atoms with E-state index in [9.17, 15) is 9.90 Å². The quantitative estimate of drug-likeness (QED) is 0.702. The number of likely N-dealkylation sites (tertiary alicyclic amines) is 1. The average Bonchev–Trinajstić information content (AvgIpc) is 2.90. The number of nitrogen functional groups attached to an aromatic ring is 1. The van der Waals surface area contributed by atoms with Gasteiger partial charge < -0.3 is 15.7 Å². The first-order chi connectivity index (χ1) is 12.1. The minimum absolute atomic E-state index is 0.00286. The summed E-state index contributed by atoms with van der Waals surface area (Å²) in [6.45, 7) is 0.417. The van der Waals surface area contributed by atoms with E-state index in [2.05, 4.69) is 25.9 Å². The SMILES string of the molecule is Nc1nccn2c(C3CN(C(=O)O)C3Cc3ccccc3)nc(Br)c12. The highest BCUT2D eigenvalue weighted by molar-refractivity contribution is 9.10. The van der Waals surface area contributed by atoms with Crippen LogP contribution in [0, 0.1) is 0 Å². The van der Waals surface area contributed by atoms with E-state index in [-0.39, 0.29) is 12.0 Å². The highest BCUT2D eigenvalue weighted by atomic mass is 79.9. The third kappa shape index (κ3) is 2.62. The van der Waals surface area contributed by atoms with E-state index in [1.54, 1.807) is 6.20 Å². The monoisotopic (exact) mass is 401 g/mol. The predicted molar refractivity (Wildman–Crippen MR) is 96.5 cm³/mol. The standard InChI is InChI=1S/C17H16BrN5O2/c18-14-13-15(19)20-6-7-22(13)16(21-14)11-9-23(17(24)25)12(11)8-10-4-2-1-3-5-10/h1-7,11-12H,8-9H2,(H2,19,20)(H,24,25). The molecule has 4 rings (SSSR count). The van der Waals surface area contributed by atoms with Crippen LogP contribution in [0.1, 0.15) is 17.3 Å². The van der Waals surface area contributed by atoms with Crippen LogP contribution in [-0.2, 0) is 6.42 Å². The van der Waals surface area contributed by atoms with Gasteiger partial charge in [-0.3, -0.25) is 4.40 Å². The van der Waals surface area contributed by atoms with Crippen molar-refractivity contribution in [1.82, 2.24) is 19.3 Å². The number of carbonyl (C=O) groups is 1. The molecule has 0 spiro atoms. The molecule has 8 heteroatoms. The van der Waals surface area contributed by atoms with Crippen LogP contribution in [0.4, 0.5) is 10.6 Å². The molecule has 1 amide bonds. The first-order valence-electron chi connectivity index (χ1n) is 7.87. The number of halogens is 1. The maximum atomic E-state index is 11.5. The van der Waals surface area contributed by atoms with E-state index in [0.29, 0.717) is 28.9 Å². The molecule has 1 aromatic carbocycles. The molecule has 1 aliphatic heterocycles. The second-order valence-electron chi connectivity index (χ2n) is 6.09. The van der Waals surface area contributed by atoms with Gasteiger partial charge in [-0.1, -0.05) is 30.3 Å². The van der Waals surface area contributed by atoms with Crippen LogP contribution in [0.3, 0.4) is 0 Å². The summed E-state index contributed by atoms with van der Waals surface area (Å²) in [6.07, 6.45) is 3.17. The van der Waals surface area contributed by atoms with E-state index in [1.807, 2.05) is 40.9 Å². The molecule has 0 radical (unpaired) electrons. The summed E-state index contributed by atoms with van der Waals surface area (Å²) in [5, 5.41) is 9.47. The number of imidazole rings is 1. The van der Waals surface area contributed by atoms with Gasteiger partial charge >= 0.3 is 6.09 Å². The molecule has 2 aromatic heterocycles. The fraction of sp³-hybridized carbons (Fsp3) is 0.235. The largest absolute Gasteiger partial charge is 0.465 e. The zero-order valence-corrected chi connectivity index (χ0v) is 14.8. The van der Waals surface area contributed by atoms with Crippen LogP contribution in [0.2, 0.25) is 0 Å². The van der Waals surface area contributed by atoms with E-state index in [4.69, 9.17) is 5.73 Å². The van der Waals surface area contributed by atoms with Gasteiger partial charge in [0.25, 0.3) is 0 Å². The first kappa shape index (κ1) is 15.9. The minimum Gasteiger partial charge on any atom is -0.465 e. The van der Waals surface area contributed by atoms with Crippen LogP contribution < -0.4 is 5.73 Å². The number of benzene rings is 1. The Balaban J connectivity index is 1.72. The fourth-order valence-corrected chi connectivity index (χ4v) is 4.01. The smallest absolute Gasteiger partial charge is 0.407 e. The molecule has 0 aliphatic carbocycles. The molecule has 3 aromatic rings. The van der Waals surface area contributed by atoms with Crippen molar-refractivity contribution in [2.24, 2.45) is 0 Å². The van der Waals surface area contributed by atoms with Crippen molar-refractivity contribution in [1.29, 1.82) is 0 Å². The van der Waals surface area contributed by atoms with Crippen LogP contribution >= 0.6 is 15.9 Å². The van der Waals surface area contributed by atoms with Crippen molar-refractivity contribution in [3.63, 3.8) is 0 Å². The number of nitrogens with zero attached hydrogens (tertiary/aromatic N) is 4. The Kier molecular flexibility index (Phi) is 3.84. The zero-order valence-electron chi connectivity index (χ0n) is 13.2. The summed E-state index contributed by atoms with van der Waals surface area (Å²) in [6, 6.07) is 9.73. The van der Waals surface area contributed by atoms with Crippen molar-refractivity contribution in [2.45, 2.75) is 18.4 Å². The van der Waals surface area contributed by atoms with Gasteiger partial charge in [0.2, 0.25) is 0 Å². The van der Waals surface area contributed by atoms with E-state index in [0.717, 1.165) is 11.4 Å². The molecule has 25 heavy (non-hydrogen) atoms. The Morgan fingerprint density at radius 3 is 2.84 bits per heavy atom. The van der Waals surface area contributed by atoms with Gasteiger partial charge in [-0.2, -0.15) is 0 Å². The number of hydrogen-bond acceptors (Lipinski definition) is 4. The number of amides is 1. The van der Waals surface area contributed by atoms with Crippen LogP contribution in [0.5, 0.6) is 0 Å². The molecule has 0 saturated carbocycles. The molecule has 7 nitrogen and oxygen atoms in total. The van der Waals surface area contributed by atoms with Crippen molar-refractivity contribution in [2.75, 3.05) is 12.3 Å². The van der Waals surface area contributed by atoms with Gasteiger partial charge in [0.05, 0.1) is 12.0 Å². The highest BCUT2D eigenvalue weighted by Gasteiger charge is 2.45. The van der Waals surface area contributed by atoms with Crippen molar-refractivity contribution < 1.29 is 9.90 Å². The van der Waals surface area contributed by atoms with Crippen molar-refractivity contribution in [3.8, 4) is 0 Å². The third-order valence-electron chi connectivity index (χ3n) is 4.69. The molecule has 3 N–H and O–H groups in total. The molecular formula is C17H16BrN5O2. The maximum Gasteiger partial charge on any atom is 0.407 e. The summed E-state index contributed by atoms with van der Waals surface area (Å²) in [5.74, 6) is 1.19. The molecule has 2 unspecified atom stereocenters. The molecule has 1 fully saturated rings. The highest BCUT2D eigenvalue weighted by Crippen LogP contribution is 2.38. The van der Waals surface area contributed by atoms with Crippen LogP contribution in [0.15, 0.2) is 47.3 Å². The molecular weight excluding hydrogens is 386 g/mol. The summed E-state index contributed by atoms with van der Waals surface area (Å²) >= 11 is 3.44. The number of anilines is 1. The first-order valence-corrected chi connectivity index (χ1v) is 8.67. The van der Waals surface area contributed by atoms with E-state index < -0.39 is 6.09 Å². The average molecular weight is 402 g/mol. The second kappa shape index (κ2) is 6.03. The summed E-state index contributed by atoms with van der Waals surface area (Å²) in [4.78, 5) is 21.7. The van der Waals surface area contributed by atoms with E-state index >= 15 is 0 Å². The van der Waals surface area contributed by atoms with Gasteiger partial charge in [0.1, 0.15) is 15.9 Å². The lowest BCUT2D eigenvalue weighted by molar-refractivity contribution is 0.0529. The van der Waals surface area contributed by atoms with Gasteiger partial charge in [0.15, 0.2) is 5.82 Å². The van der Waals surface area contributed by atoms with Gasteiger partial charge in [-0.05, 0) is 27.9 Å². The van der Waals surface area contributed by atoms with Crippen molar-refractivity contribution >= 4 is 33.4 Å².